The van der Waals surface area contributed by atoms with Gasteiger partial charge in [-0.05, 0) is 42.8 Å². The summed E-state index contributed by atoms with van der Waals surface area (Å²) in [5, 5.41) is 9.55. The smallest absolute Gasteiger partial charge is 0.255 e. The Morgan fingerprint density at radius 2 is 2.04 bits per heavy atom. The van der Waals surface area contributed by atoms with Gasteiger partial charge in [-0.1, -0.05) is 30.3 Å². The number of rotatable bonds is 1. The maximum absolute atomic E-state index is 13.6. The lowest BCUT2D eigenvalue weighted by molar-refractivity contribution is -0.124. The van der Waals surface area contributed by atoms with E-state index in [9.17, 15) is 14.7 Å². The fraction of sp³-hybridized carbons (Fsp3) is 0.364. The molecule has 2 bridgehead atoms. The number of carbonyl (C=O) groups excluding carboxylic acids is 1. The Hall–Kier alpha value is -2.50. The molecular weight excluding hydrogens is 340 g/mol. The van der Waals surface area contributed by atoms with E-state index in [1.54, 1.807) is 10.6 Å². The molecule has 27 heavy (non-hydrogen) atoms. The van der Waals surface area contributed by atoms with E-state index in [0.29, 0.717) is 12.8 Å². The molecule has 1 aromatic heterocycles. The van der Waals surface area contributed by atoms with Crippen LogP contribution in [0.3, 0.4) is 0 Å². The molecule has 3 aliphatic heterocycles. The number of aliphatic hydroxyl groups is 1. The standard InChI is InChI=1S/C22H22N2O3/c1-23-10-9-22-17-4-2-3-5-18(17)24-20(27)7-6-15(21(22)24)16(12-19(22)26)14(13-23)8-11-25/h2-8,16,25H,9-13H2,1H3/b14-8-/t16-,22+/m0/s1. The van der Waals surface area contributed by atoms with Crippen molar-refractivity contribution in [1.82, 2.24) is 9.47 Å². The lowest BCUT2D eigenvalue weighted by Crippen LogP contribution is -2.43. The van der Waals surface area contributed by atoms with Gasteiger partial charge in [0.25, 0.3) is 5.56 Å². The van der Waals surface area contributed by atoms with E-state index in [4.69, 9.17) is 0 Å². The average molecular weight is 362 g/mol. The summed E-state index contributed by atoms with van der Waals surface area (Å²) < 4.78 is 1.76. The number of benzene rings is 1. The van der Waals surface area contributed by atoms with Gasteiger partial charge in [-0.25, -0.2) is 0 Å². The molecule has 0 radical (unpaired) electrons. The SMILES string of the molecule is CN1CC[C@@]23C(=O)C[C@@H](/C(=C\CO)C1)c1ccc(=O)n(c12)-c1ccccc13. The van der Waals surface area contributed by atoms with Gasteiger partial charge in [0.05, 0.1) is 17.7 Å². The Labute approximate surface area is 157 Å². The van der Waals surface area contributed by atoms with Crippen molar-refractivity contribution in [2.75, 3.05) is 26.7 Å². The number of fused-ring (bicyclic) bond motifs is 7. The van der Waals surface area contributed by atoms with E-state index in [0.717, 1.165) is 41.2 Å². The van der Waals surface area contributed by atoms with Crippen LogP contribution < -0.4 is 5.56 Å². The number of Topliss-reactive ketones (excluding diaryl/α,β-unsaturated/α-hetero) is 1. The van der Waals surface area contributed by atoms with Crippen LogP contribution in [0, 0.1) is 0 Å². The number of nitrogens with zero attached hydrogens (tertiary/aromatic N) is 2. The van der Waals surface area contributed by atoms with Crippen molar-refractivity contribution in [2.24, 2.45) is 0 Å². The summed E-state index contributed by atoms with van der Waals surface area (Å²) in [5.74, 6) is 0.0953. The monoisotopic (exact) mass is 362 g/mol. The highest BCUT2D eigenvalue weighted by molar-refractivity contribution is 5.99. The highest BCUT2D eigenvalue weighted by Crippen LogP contribution is 2.54. The zero-order chi connectivity index (χ0) is 18.8. The van der Waals surface area contributed by atoms with Crippen LogP contribution in [-0.4, -0.2) is 47.1 Å². The van der Waals surface area contributed by atoms with E-state index >= 15 is 0 Å². The van der Waals surface area contributed by atoms with E-state index in [2.05, 4.69) is 11.9 Å². The summed E-state index contributed by atoms with van der Waals surface area (Å²) >= 11 is 0. The zero-order valence-corrected chi connectivity index (χ0v) is 15.3. The highest BCUT2D eigenvalue weighted by Gasteiger charge is 2.55. The van der Waals surface area contributed by atoms with Crippen LogP contribution in [0.15, 0.2) is 52.8 Å². The number of ketones is 1. The summed E-state index contributed by atoms with van der Waals surface area (Å²) in [6.07, 6.45) is 2.91. The van der Waals surface area contributed by atoms with Crippen molar-refractivity contribution in [3.8, 4) is 5.69 Å². The third kappa shape index (κ3) is 2.07. The van der Waals surface area contributed by atoms with Gasteiger partial charge in [-0.3, -0.25) is 14.2 Å². The maximum Gasteiger partial charge on any atom is 0.255 e. The number of likely N-dealkylation sites (N-methyl/N-ethyl adjacent to an activating group) is 1. The highest BCUT2D eigenvalue weighted by atomic mass is 16.2. The molecule has 1 saturated heterocycles. The fourth-order valence-corrected chi connectivity index (χ4v) is 5.33. The second-order valence-corrected chi connectivity index (χ2v) is 7.86. The third-order valence-electron chi connectivity index (χ3n) is 6.49. The number of carbonyl (C=O) groups is 1. The molecule has 1 aromatic carbocycles. The fourth-order valence-electron chi connectivity index (χ4n) is 5.33. The van der Waals surface area contributed by atoms with Crippen LogP contribution in [-0.2, 0) is 10.2 Å². The molecule has 2 aromatic rings. The molecule has 6 rings (SSSR count). The van der Waals surface area contributed by atoms with Gasteiger partial charge < -0.3 is 10.0 Å². The lowest BCUT2D eigenvalue weighted by atomic mass is 9.63. The predicted octanol–water partition coefficient (Wildman–Crippen LogP) is 1.75. The second kappa shape index (κ2) is 5.75. The van der Waals surface area contributed by atoms with Gasteiger partial charge >= 0.3 is 0 Å². The number of para-hydroxylation sites is 1. The Balaban J connectivity index is 1.91. The van der Waals surface area contributed by atoms with Gasteiger partial charge in [0.1, 0.15) is 5.78 Å². The molecule has 0 unspecified atom stereocenters. The predicted molar refractivity (Wildman–Crippen MR) is 102 cm³/mol. The second-order valence-electron chi connectivity index (χ2n) is 7.86. The molecule has 2 atom stereocenters. The van der Waals surface area contributed by atoms with Crippen LogP contribution in [0.4, 0.5) is 0 Å². The Morgan fingerprint density at radius 1 is 1.22 bits per heavy atom. The first kappa shape index (κ1) is 16.7. The van der Waals surface area contributed by atoms with Crippen LogP contribution in [0.5, 0.6) is 0 Å². The minimum absolute atomic E-state index is 0.0474. The molecule has 1 spiro atoms. The average Bonchev–Trinajstić information content (AvgIpc) is 3.00. The van der Waals surface area contributed by atoms with Gasteiger partial charge in [0, 0.05) is 30.6 Å². The molecule has 138 valence electrons. The van der Waals surface area contributed by atoms with Crippen LogP contribution in [0.1, 0.15) is 35.6 Å². The topological polar surface area (TPSA) is 62.5 Å². The molecular formula is C22H22N2O3. The number of pyridine rings is 1. The number of hydrogen-bond donors (Lipinski definition) is 1. The van der Waals surface area contributed by atoms with Gasteiger partial charge in [-0.2, -0.15) is 0 Å². The molecule has 4 aliphatic rings. The van der Waals surface area contributed by atoms with Gasteiger partial charge in [-0.15, -0.1) is 0 Å². The van der Waals surface area contributed by atoms with Crippen molar-refractivity contribution < 1.29 is 9.90 Å². The Morgan fingerprint density at radius 3 is 2.85 bits per heavy atom. The zero-order valence-electron chi connectivity index (χ0n) is 15.3. The minimum atomic E-state index is -0.744. The molecule has 4 heterocycles. The summed E-state index contributed by atoms with van der Waals surface area (Å²) in [6.45, 7) is 1.42. The van der Waals surface area contributed by atoms with E-state index in [-0.39, 0.29) is 23.9 Å². The summed E-state index contributed by atoms with van der Waals surface area (Å²) in [6, 6.07) is 11.4. The maximum atomic E-state index is 13.6. The number of aromatic nitrogens is 1. The molecule has 1 N–H and O–H groups in total. The van der Waals surface area contributed by atoms with Crippen molar-refractivity contribution in [2.45, 2.75) is 24.2 Å². The van der Waals surface area contributed by atoms with Crippen molar-refractivity contribution in [1.29, 1.82) is 0 Å². The minimum Gasteiger partial charge on any atom is -0.392 e. The molecule has 1 aliphatic carbocycles. The molecule has 5 heteroatoms. The number of hydrogen-bond acceptors (Lipinski definition) is 4. The van der Waals surface area contributed by atoms with Gasteiger partial charge in [0.2, 0.25) is 0 Å². The van der Waals surface area contributed by atoms with Crippen LogP contribution in [0.25, 0.3) is 5.69 Å². The van der Waals surface area contributed by atoms with Crippen LogP contribution >= 0.6 is 0 Å². The third-order valence-corrected chi connectivity index (χ3v) is 6.49. The quantitative estimate of drug-likeness (QED) is 0.785. The van der Waals surface area contributed by atoms with Gasteiger partial charge in [0.15, 0.2) is 0 Å². The van der Waals surface area contributed by atoms with Crippen molar-refractivity contribution >= 4 is 5.78 Å². The summed E-state index contributed by atoms with van der Waals surface area (Å²) in [4.78, 5) is 28.7. The molecule has 1 fully saturated rings. The lowest BCUT2D eigenvalue weighted by Gasteiger charge is -2.37. The van der Waals surface area contributed by atoms with Crippen molar-refractivity contribution in [3.05, 3.63) is 75.2 Å². The van der Waals surface area contributed by atoms with Crippen molar-refractivity contribution in [3.63, 3.8) is 0 Å². The summed E-state index contributed by atoms with van der Waals surface area (Å²) in [5.41, 5.74) is 3.94. The molecule has 0 amide bonds. The Bertz CT molecular complexity index is 1050. The first-order chi connectivity index (χ1) is 13.1. The van der Waals surface area contributed by atoms with Crippen LogP contribution in [0.2, 0.25) is 0 Å². The first-order valence-electron chi connectivity index (χ1n) is 9.46. The van der Waals surface area contributed by atoms with E-state index in [1.807, 2.05) is 36.4 Å². The Kier molecular flexibility index (Phi) is 3.55. The first-order valence-corrected chi connectivity index (χ1v) is 9.46. The van der Waals surface area contributed by atoms with E-state index < -0.39 is 5.41 Å². The molecule has 0 saturated carbocycles. The number of aliphatic hydroxyl groups excluding tert-OH is 1. The molecule has 5 nitrogen and oxygen atoms in total. The normalized spacial score (nSPS) is 27.9. The summed E-state index contributed by atoms with van der Waals surface area (Å²) in [7, 11) is 2.05. The van der Waals surface area contributed by atoms with E-state index in [1.165, 1.54) is 0 Å². The largest absolute Gasteiger partial charge is 0.392 e.